The third-order valence-electron chi connectivity index (χ3n) is 5.31. The number of hydrogen-bond donors (Lipinski definition) is 0. The van der Waals surface area contributed by atoms with E-state index in [4.69, 9.17) is 21.1 Å². The second-order valence-electron chi connectivity index (χ2n) is 7.49. The molecule has 4 rings (SSSR count). The molecule has 0 bridgehead atoms. The number of anilines is 1. The van der Waals surface area contributed by atoms with Crippen LogP contribution >= 0.6 is 11.6 Å². The molecule has 0 unspecified atom stereocenters. The van der Waals surface area contributed by atoms with Crippen molar-refractivity contribution < 1.29 is 22.6 Å². The van der Waals surface area contributed by atoms with Crippen LogP contribution < -0.4 is 20.1 Å². The minimum absolute atomic E-state index is 0.0555. The van der Waals surface area contributed by atoms with Gasteiger partial charge in [-0.15, -0.1) is 0 Å². The molecular weight excluding hydrogens is 447 g/mol. The quantitative estimate of drug-likeness (QED) is 0.535. The third kappa shape index (κ3) is 4.38. The van der Waals surface area contributed by atoms with Crippen molar-refractivity contribution in [1.82, 2.24) is 9.55 Å². The van der Waals surface area contributed by atoms with Gasteiger partial charge in [0, 0.05) is 31.8 Å². The average Bonchev–Trinajstić information content (AvgIpc) is 2.74. The predicted octanol–water partition coefficient (Wildman–Crippen LogP) is 4.91. The van der Waals surface area contributed by atoms with Gasteiger partial charge in [-0.3, -0.25) is 4.57 Å². The van der Waals surface area contributed by atoms with Crippen LogP contribution in [0.3, 0.4) is 0 Å². The number of rotatable bonds is 5. The fourth-order valence-corrected chi connectivity index (χ4v) is 3.51. The lowest BCUT2D eigenvalue weighted by Crippen LogP contribution is -2.41. The van der Waals surface area contributed by atoms with E-state index >= 15 is 0 Å². The molecule has 0 aliphatic carbocycles. The van der Waals surface area contributed by atoms with Crippen molar-refractivity contribution in [3.8, 4) is 17.4 Å². The number of aromatic nitrogens is 2. The monoisotopic (exact) mass is 465 g/mol. The first kappa shape index (κ1) is 22.0. The van der Waals surface area contributed by atoms with Crippen LogP contribution in [0.25, 0.3) is 0 Å². The Morgan fingerprint density at radius 1 is 1.12 bits per heavy atom. The normalized spacial score (nSPS) is 15.4. The molecule has 10 heteroatoms. The standard InChI is InChI=1S/C22H19ClF3N3O3/c1-12-5-6-29-20(28(12)2)10-19(27-22(29)30)31-11-13-7-17(25)21(18(26)8-13)32-14-3-4-15(23)16(24)9-14/h3-4,7-10,12H,5-6,11H2,1-2H3/t12-/m0/s1. The van der Waals surface area contributed by atoms with Crippen LogP contribution in [0.4, 0.5) is 19.0 Å². The Labute approximate surface area is 186 Å². The molecule has 0 saturated heterocycles. The molecule has 1 aromatic heterocycles. The zero-order chi connectivity index (χ0) is 23.0. The van der Waals surface area contributed by atoms with E-state index in [-0.39, 0.29) is 34.9 Å². The lowest BCUT2D eigenvalue weighted by molar-refractivity contribution is 0.287. The molecule has 1 aliphatic rings. The summed E-state index contributed by atoms with van der Waals surface area (Å²) in [5.41, 5.74) is -0.288. The lowest BCUT2D eigenvalue weighted by Gasteiger charge is -2.34. The molecule has 6 nitrogen and oxygen atoms in total. The Kier molecular flexibility index (Phi) is 6.01. The van der Waals surface area contributed by atoms with Gasteiger partial charge in [0.15, 0.2) is 17.4 Å². The van der Waals surface area contributed by atoms with Gasteiger partial charge in [0.2, 0.25) is 5.88 Å². The van der Waals surface area contributed by atoms with Crippen LogP contribution in [0.1, 0.15) is 18.9 Å². The number of benzene rings is 2. The smallest absolute Gasteiger partial charge is 0.352 e. The molecule has 0 fully saturated rings. The highest BCUT2D eigenvalue weighted by Gasteiger charge is 2.22. The average molecular weight is 466 g/mol. The van der Waals surface area contributed by atoms with Crippen molar-refractivity contribution >= 4 is 17.4 Å². The summed E-state index contributed by atoms with van der Waals surface area (Å²) in [6, 6.07) is 7.37. The highest BCUT2D eigenvalue weighted by molar-refractivity contribution is 6.30. The van der Waals surface area contributed by atoms with Crippen LogP contribution in [0, 0.1) is 17.5 Å². The van der Waals surface area contributed by atoms with Gasteiger partial charge in [-0.25, -0.2) is 18.0 Å². The molecule has 2 heterocycles. The topological polar surface area (TPSA) is 56.6 Å². The van der Waals surface area contributed by atoms with Gasteiger partial charge in [0.05, 0.1) is 5.02 Å². The number of nitrogens with zero attached hydrogens (tertiary/aromatic N) is 3. The van der Waals surface area contributed by atoms with Crippen LogP contribution in [0.5, 0.6) is 17.4 Å². The lowest BCUT2D eigenvalue weighted by atomic mass is 10.1. The summed E-state index contributed by atoms with van der Waals surface area (Å²) in [6.07, 6.45) is 0.820. The number of halogens is 4. The van der Waals surface area contributed by atoms with Gasteiger partial charge >= 0.3 is 5.69 Å². The predicted molar refractivity (Wildman–Crippen MR) is 113 cm³/mol. The van der Waals surface area contributed by atoms with E-state index in [0.717, 1.165) is 24.6 Å². The van der Waals surface area contributed by atoms with E-state index in [1.54, 1.807) is 10.6 Å². The maximum atomic E-state index is 14.5. The first-order valence-corrected chi connectivity index (χ1v) is 10.2. The molecule has 1 aliphatic heterocycles. The van der Waals surface area contributed by atoms with Crippen LogP contribution in [-0.2, 0) is 13.2 Å². The Morgan fingerprint density at radius 3 is 2.53 bits per heavy atom. The minimum Gasteiger partial charge on any atom is -0.473 e. The van der Waals surface area contributed by atoms with E-state index in [2.05, 4.69) is 4.98 Å². The third-order valence-corrected chi connectivity index (χ3v) is 5.62. The molecule has 1 atom stereocenters. The second kappa shape index (κ2) is 8.74. The summed E-state index contributed by atoms with van der Waals surface area (Å²) < 4.78 is 54.7. The number of hydrogen-bond acceptors (Lipinski definition) is 5. The van der Waals surface area contributed by atoms with Gasteiger partial charge in [-0.2, -0.15) is 4.98 Å². The molecule has 0 radical (unpaired) electrons. The molecule has 3 aromatic rings. The Bertz CT molecular complexity index is 1210. The Balaban J connectivity index is 1.52. The molecule has 0 saturated carbocycles. The van der Waals surface area contributed by atoms with E-state index < -0.39 is 28.9 Å². The zero-order valence-electron chi connectivity index (χ0n) is 17.2. The van der Waals surface area contributed by atoms with E-state index in [9.17, 15) is 18.0 Å². The van der Waals surface area contributed by atoms with Gasteiger partial charge in [-0.05, 0) is 43.2 Å². The van der Waals surface area contributed by atoms with Gasteiger partial charge < -0.3 is 14.4 Å². The molecule has 0 amide bonds. The van der Waals surface area contributed by atoms with E-state index in [0.29, 0.717) is 12.4 Å². The van der Waals surface area contributed by atoms with Gasteiger partial charge in [0.1, 0.15) is 24.0 Å². The maximum Gasteiger partial charge on any atom is 0.352 e. The van der Waals surface area contributed by atoms with Gasteiger partial charge in [-0.1, -0.05) is 11.6 Å². The number of fused-ring (bicyclic) bond motifs is 1. The molecule has 2 aromatic carbocycles. The van der Waals surface area contributed by atoms with Crippen molar-refractivity contribution in [2.45, 2.75) is 32.5 Å². The van der Waals surface area contributed by atoms with Gasteiger partial charge in [0.25, 0.3) is 0 Å². The van der Waals surface area contributed by atoms with Crippen LogP contribution in [0.2, 0.25) is 5.02 Å². The molecular formula is C22H19ClF3N3O3. The summed E-state index contributed by atoms with van der Waals surface area (Å²) >= 11 is 5.59. The fourth-order valence-electron chi connectivity index (χ4n) is 3.39. The highest BCUT2D eigenvalue weighted by atomic mass is 35.5. The summed E-state index contributed by atoms with van der Waals surface area (Å²) in [5, 5.41) is -0.137. The molecule has 32 heavy (non-hydrogen) atoms. The van der Waals surface area contributed by atoms with Crippen molar-refractivity contribution in [2.24, 2.45) is 0 Å². The summed E-state index contributed by atoms with van der Waals surface area (Å²) in [5.74, 6) is -2.84. The summed E-state index contributed by atoms with van der Waals surface area (Å²) in [4.78, 5) is 18.1. The Morgan fingerprint density at radius 2 is 1.84 bits per heavy atom. The van der Waals surface area contributed by atoms with Crippen molar-refractivity contribution in [1.29, 1.82) is 0 Å². The van der Waals surface area contributed by atoms with Crippen LogP contribution in [-0.4, -0.2) is 22.6 Å². The first-order chi connectivity index (χ1) is 15.2. The minimum atomic E-state index is -0.994. The van der Waals surface area contributed by atoms with Crippen molar-refractivity contribution in [2.75, 3.05) is 11.9 Å². The zero-order valence-corrected chi connectivity index (χ0v) is 18.0. The summed E-state index contributed by atoms with van der Waals surface area (Å²) in [6.45, 7) is 2.38. The van der Waals surface area contributed by atoms with E-state index in [1.165, 1.54) is 12.1 Å². The van der Waals surface area contributed by atoms with Crippen molar-refractivity contribution in [3.05, 3.63) is 74.9 Å². The van der Waals surface area contributed by atoms with E-state index in [1.807, 2.05) is 18.9 Å². The number of ether oxygens (including phenoxy) is 2. The summed E-state index contributed by atoms with van der Waals surface area (Å²) in [7, 11) is 1.87. The molecule has 168 valence electrons. The largest absolute Gasteiger partial charge is 0.473 e. The molecule has 0 N–H and O–H groups in total. The Hall–Kier alpha value is -3.20. The molecule has 0 spiro atoms. The SMILES string of the molecule is C[C@H]1CCn2c(cc(OCc3cc(F)c(Oc4ccc(Cl)c(F)c4)c(F)c3)nc2=O)N1C. The fraction of sp³-hybridized carbons (Fsp3) is 0.273. The van der Waals surface area contributed by atoms with Crippen molar-refractivity contribution in [3.63, 3.8) is 0 Å². The second-order valence-corrected chi connectivity index (χ2v) is 7.90. The maximum absolute atomic E-state index is 14.5. The first-order valence-electron chi connectivity index (χ1n) is 9.81. The van der Waals surface area contributed by atoms with Crippen LogP contribution in [0.15, 0.2) is 41.2 Å². The highest BCUT2D eigenvalue weighted by Crippen LogP contribution is 2.31.